The lowest BCUT2D eigenvalue weighted by molar-refractivity contribution is 0.0929. The van der Waals surface area contributed by atoms with E-state index in [0.29, 0.717) is 0 Å². The van der Waals surface area contributed by atoms with Crippen LogP contribution in [-0.2, 0) is 7.05 Å². The van der Waals surface area contributed by atoms with Crippen LogP contribution in [0.4, 0.5) is 5.69 Å². The van der Waals surface area contributed by atoms with Crippen LogP contribution in [0.3, 0.4) is 0 Å². The standard InChI is InChI=1S/C19H23N3O3/c1-21-11-5-6-15(19(21)24)18(23)20-14-9-12-22(13-10-14)16-7-3-4-8-17(16)25-2/h3-8,11,14H,9-10,12-13H2,1-2H3,(H,20,23). The van der Waals surface area contributed by atoms with E-state index in [0.717, 1.165) is 37.4 Å². The van der Waals surface area contributed by atoms with Crippen LogP contribution in [0.25, 0.3) is 0 Å². The van der Waals surface area contributed by atoms with Crippen molar-refractivity contribution in [1.82, 2.24) is 9.88 Å². The molecular weight excluding hydrogens is 318 g/mol. The highest BCUT2D eigenvalue weighted by Gasteiger charge is 2.23. The number of nitrogens with one attached hydrogen (secondary N) is 1. The summed E-state index contributed by atoms with van der Waals surface area (Å²) in [5.41, 5.74) is 0.996. The number of ether oxygens (including phenoxy) is 1. The molecule has 1 amide bonds. The first kappa shape index (κ1) is 17.1. The fraction of sp³-hybridized carbons (Fsp3) is 0.368. The Labute approximate surface area is 147 Å². The highest BCUT2D eigenvalue weighted by molar-refractivity contribution is 5.94. The fourth-order valence-electron chi connectivity index (χ4n) is 3.19. The number of benzene rings is 1. The van der Waals surface area contributed by atoms with E-state index < -0.39 is 0 Å². The molecule has 1 aliphatic rings. The molecular formula is C19H23N3O3. The van der Waals surface area contributed by atoms with Gasteiger partial charge in [0.2, 0.25) is 0 Å². The summed E-state index contributed by atoms with van der Waals surface area (Å²) in [6.45, 7) is 1.66. The number of piperidine rings is 1. The highest BCUT2D eigenvalue weighted by Crippen LogP contribution is 2.29. The predicted octanol–water partition coefficient (Wildman–Crippen LogP) is 1.79. The molecule has 1 aromatic heterocycles. The first-order valence-corrected chi connectivity index (χ1v) is 8.44. The summed E-state index contributed by atoms with van der Waals surface area (Å²) in [5.74, 6) is 0.565. The van der Waals surface area contributed by atoms with Crippen LogP contribution in [0, 0.1) is 0 Å². The topological polar surface area (TPSA) is 63.6 Å². The van der Waals surface area contributed by atoms with Gasteiger partial charge in [0, 0.05) is 32.4 Å². The molecule has 0 bridgehead atoms. The molecule has 1 aliphatic heterocycles. The fourth-order valence-corrected chi connectivity index (χ4v) is 3.19. The average Bonchev–Trinajstić information content (AvgIpc) is 2.64. The molecule has 1 fully saturated rings. The van der Waals surface area contributed by atoms with Crippen molar-refractivity contribution in [3.8, 4) is 5.75 Å². The number of carbonyl (C=O) groups excluding carboxylic acids is 1. The molecule has 2 heterocycles. The third-order valence-electron chi connectivity index (χ3n) is 4.62. The van der Waals surface area contributed by atoms with Crippen molar-refractivity contribution in [2.45, 2.75) is 18.9 Å². The smallest absolute Gasteiger partial charge is 0.263 e. The van der Waals surface area contributed by atoms with Gasteiger partial charge in [-0.2, -0.15) is 0 Å². The van der Waals surface area contributed by atoms with E-state index in [2.05, 4.69) is 10.2 Å². The van der Waals surface area contributed by atoms with Crippen molar-refractivity contribution in [3.63, 3.8) is 0 Å². The predicted molar refractivity (Wildman–Crippen MR) is 97.4 cm³/mol. The molecule has 25 heavy (non-hydrogen) atoms. The van der Waals surface area contributed by atoms with Gasteiger partial charge in [0.1, 0.15) is 11.3 Å². The number of aryl methyl sites for hydroxylation is 1. The van der Waals surface area contributed by atoms with Crippen molar-refractivity contribution >= 4 is 11.6 Å². The maximum atomic E-state index is 12.4. The average molecular weight is 341 g/mol. The van der Waals surface area contributed by atoms with Gasteiger partial charge in [-0.1, -0.05) is 12.1 Å². The second-order valence-corrected chi connectivity index (χ2v) is 6.24. The second-order valence-electron chi connectivity index (χ2n) is 6.24. The zero-order valence-electron chi connectivity index (χ0n) is 14.6. The molecule has 3 rings (SSSR count). The Balaban J connectivity index is 1.62. The number of anilines is 1. The number of methoxy groups -OCH3 is 1. The van der Waals surface area contributed by atoms with Gasteiger partial charge >= 0.3 is 0 Å². The molecule has 6 nitrogen and oxygen atoms in total. The minimum Gasteiger partial charge on any atom is -0.495 e. The summed E-state index contributed by atoms with van der Waals surface area (Å²) >= 11 is 0. The normalized spacial score (nSPS) is 15.0. The number of hydrogen-bond acceptors (Lipinski definition) is 4. The van der Waals surface area contributed by atoms with Gasteiger partial charge in [-0.25, -0.2) is 0 Å². The molecule has 0 unspecified atom stereocenters. The van der Waals surface area contributed by atoms with Crippen molar-refractivity contribution in [1.29, 1.82) is 0 Å². The van der Waals surface area contributed by atoms with E-state index >= 15 is 0 Å². The largest absolute Gasteiger partial charge is 0.495 e. The Kier molecular flexibility index (Phi) is 5.07. The molecule has 1 aromatic carbocycles. The lowest BCUT2D eigenvalue weighted by Crippen LogP contribution is -2.46. The third kappa shape index (κ3) is 3.68. The van der Waals surface area contributed by atoms with Crippen LogP contribution >= 0.6 is 0 Å². The van der Waals surface area contributed by atoms with E-state index in [1.807, 2.05) is 24.3 Å². The number of aromatic nitrogens is 1. The molecule has 132 valence electrons. The van der Waals surface area contributed by atoms with Crippen molar-refractivity contribution in [2.75, 3.05) is 25.1 Å². The lowest BCUT2D eigenvalue weighted by atomic mass is 10.0. The summed E-state index contributed by atoms with van der Waals surface area (Å²) in [5, 5.41) is 2.99. The molecule has 0 atom stereocenters. The van der Waals surface area contributed by atoms with E-state index in [1.54, 1.807) is 32.5 Å². The van der Waals surface area contributed by atoms with Crippen LogP contribution in [0.15, 0.2) is 47.4 Å². The Morgan fingerprint density at radius 2 is 1.88 bits per heavy atom. The van der Waals surface area contributed by atoms with E-state index in [4.69, 9.17) is 4.74 Å². The minimum atomic E-state index is -0.294. The first-order valence-electron chi connectivity index (χ1n) is 8.44. The summed E-state index contributed by atoms with van der Waals surface area (Å²) in [6, 6.07) is 11.3. The van der Waals surface area contributed by atoms with Crippen LogP contribution in [0.5, 0.6) is 5.75 Å². The highest BCUT2D eigenvalue weighted by atomic mass is 16.5. The van der Waals surface area contributed by atoms with Gasteiger partial charge < -0.3 is 19.5 Å². The number of para-hydroxylation sites is 2. The summed E-state index contributed by atoms with van der Waals surface area (Å²) in [6.07, 6.45) is 3.30. The Bertz CT molecular complexity index is 808. The maximum absolute atomic E-state index is 12.4. The third-order valence-corrected chi connectivity index (χ3v) is 4.62. The number of amides is 1. The summed E-state index contributed by atoms with van der Waals surface area (Å²) < 4.78 is 6.84. The van der Waals surface area contributed by atoms with E-state index in [1.165, 1.54) is 4.57 Å². The second kappa shape index (κ2) is 7.42. The number of pyridine rings is 1. The van der Waals surface area contributed by atoms with Crippen molar-refractivity contribution < 1.29 is 9.53 Å². The van der Waals surface area contributed by atoms with Gasteiger partial charge in [0.15, 0.2) is 0 Å². The molecule has 0 spiro atoms. The number of carbonyl (C=O) groups is 1. The Morgan fingerprint density at radius 3 is 2.60 bits per heavy atom. The number of rotatable bonds is 4. The zero-order chi connectivity index (χ0) is 17.8. The zero-order valence-corrected chi connectivity index (χ0v) is 14.6. The lowest BCUT2D eigenvalue weighted by Gasteiger charge is -2.34. The van der Waals surface area contributed by atoms with Gasteiger partial charge in [0.05, 0.1) is 12.8 Å². The molecule has 6 heteroatoms. The minimum absolute atomic E-state index is 0.0726. The first-order chi connectivity index (χ1) is 12.1. The monoisotopic (exact) mass is 341 g/mol. The van der Waals surface area contributed by atoms with Gasteiger partial charge in [0.25, 0.3) is 11.5 Å². The van der Waals surface area contributed by atoms with Gasteiger partial charge in [-0.15, -0.1) is 0 Å². The molecule has 2 aromatic rings. The number of nitrogens with zero attached hydrogens (tertiary/aromatic N) is 2. The maximum Gasteiger partial charge on any atom is 0.263 e. The summed E-state index contributed by atoms with van der Waals surface area (Å²) in [4.78, 5) is 26.7. The SMILES string of the molecule is COc1ccccc1N1CCC(NC(=O)c2cccn(C)c2=O)CC1. The van der Waals surface area contributed by atoms with E-state index in [9.17, 15) is 9.59 Å². The Morgan fingerprint density at radius 1 is 1.16 bits per heavy atom. The van der Waals surface area contributed by atoms with Crippen molar-refractivity contribution in [2.24, 2.45) is 7.05 Å². The van der Waals surface area contributed by atoms with Crippen LogP contribution in [0.1, 0.15) is 23.2 Å². The molecule has 0 saturated carbocycles. The van der Waals surface area contributed by atoms with Crippen LogP contribution < -0.4 is 20.5 Å². The van der Waals surface area contributed by atoms with E-state index in [-0.39, 0.29) is 23.1 Å². The van der Waals surface area contributed by atoms with Crippen LogP contribution in [0.2, 0.25) is 0 Å². The van der Waals surface area contributed by atoms with Gasteiger partial charge in [-0.3, -0.25) is 9.59 Å². The quantitative estimate of drug-likeness (QED) is 0.921. The molecule has 1 N–H and O–H groups in total. The summed E-state index contributed by atoms with van der Waals surface area (Å²) in [7, 11) is 3.32. The Hall–Kier alpha value is -2.76. The molecule has 0 radical (unpaired) electrons. The number of hydrogen-bond donors (Lipinski definition) is 1. The molecule has 1 saturated heterocycles. The van der Waals surface area contributed by atoms with Gasteiger partial charge in [-0.05, 0) is 37.1 Å². The van der Waals surface area contributed by atoms with Crippen LogP contribution in [-0.4, -0.2) is 36.7 Å². The van der Waals surface area contributed by atoms with Crippen molar-refractivity contribution in [3.05, 3.63) is 58.5 Å². The molecule has 0 aliphatic carbocycles.